The number of aliphatic hydroxyl groups is 1. The third kappa shape index (κ3) is 5.82. The first-order valence-corrected chi connectivity index (χ1v) is 13.5. The average molecular weight is 534 g/mol. The topological polar surface area (TPSA) is 85.6 Å². The van der Waals surface area contributed by atoms with E-state index in [4.69, 9.17) is 9.47 Å². The minimum absolute atomic E-state index is 0.00597. The van der Waals surface area contributed by atoms with Crippen molar-refractivity contribution in [3.63, 3.8) is 0 Å². The molecule has 1 saturated heterocycles. The Bertz CT molecular complexity index is 1570. The fraction of sp³-hybridized carbons (Fsp3) is 0.212. The van der Waals surface area contributed by atoms with Crippen molar-refractivity contribution in [3.8, 4) is 0 Å². The zero-order valence-electron chi connectivity index (χ0n) is 22.0. The molecule has 3 atom stereocenters. The molecule has 1 amide bonds. The number of hydrogen-bond donors (Lipinski definition) is 2. The summed E-state index contributed by atoms with van der Waals surface area (Å²) >= 11 is 0. The third-order valence-corrected chi connectivity index (χ3v) is 7.28. The monoisotopic (exact) mass is 533 g/mol. The molecule has 4 aromatic carbocycles. The van der Waals surface area contributed by atoms with Crippen LogP contribution in [0.15, 0.2) is 109 Å². The lowest BCUT2D eigenvalue weighted by Gasteiger charge is -2.36. The SMILES string of the molecule is O=C(NCc1ccc(C2OC(Cn3cnc4ccccc43)CC(c3ccc(CO)cc3)O2)cc1)c1ccccc1. The third-order valence-electron chi connectivity index (χ3n) is 7.28. The number of aromatic nitrogens is 2. The molecule has 0 aliphatic carbocycles. The number of amides is 1. The van der Waals surface area contributed by atoms with E-state index in [0.29, 0.717) is 25.1 Å². The maximum atomic E-state index is 12.4. The van der Waals surface area contributed by atoms with Crippen LogP contribution in [0.2, 0.25) is 0 Å². The van der Waals surface area contributed by atoms with E-state index in [1.54, 1.807) is 12.1 Å². The summed E-state index contributed by atoms with van der Waals surface area (Å²) in [7, 11) is 0. The summed E-state index contributed by atoms with van der Waals surface area (Å²) in [4.78, 5) is 17.0. The number of fused-ring (bicyclic) bond motifs is 1. The van der Waals surface area contributed by atoms with E-state index in [2.05, 4.69) is 20.9 Å². The van der Waals surface area contributed by atoms with E-state index >= 15 is 0 Å². The molecule has 7 heteroatoms. The van der Waals surface area contributed by atoms with Crippen LogP contribution in [0.5, 0.6) is 0 Å². The van der Waals surface area contributed by atoms with Gasteiger partial charge in [-0.05, 0) is 41.0 Å². The Morgan fingerprint density at radius 1 is 0.850 bits per heavy atom. The van der Waals surface area contributed by atoms with Crippen LogP contribution in [0.4, 0.5) is 0 Å². The second-order valence-corrected chi connectivity index (χ2v) is 10.0. The van der Waals surface area contributed by atoms with Gasteiger partial charge in [-0.15, -0.1) is 0 Å². The van der Waals surface area contributed by atoms with Gasteiger partial charge in [0, 0.05) is 24.1 Å². The number of carbonyl (C=O) groups is 1. The van der Waals surface area contributed by atoms with E-state index < -0.39 is 6.29 Å². The molecule has 6 rings (SSSR count). The first-order chi connectivity index (χ1) is 19.7. The predicted octanol–water partition coefficient (Wildman–Crippen LogP) is 5.70. The molecule has 1 fully saturated rings. The van der Waals surface area contributed by atoms with Crippen LogP contribution >= 0.6 is 0 Å². The number of benzene rings is 4. The number of imidazole rings is 1. The van der Waals surface area contributed by atoms with Gasteiger partial charge in [-0.3, -0.25) is 4.79 Å². The molecule has 5 aromatic rings. The molecule has 2 N–H and O–H groups in total. The molecule has 1 aromatic heterocycles. The molecule has 0 saturated carbocycles. The van der Waals surface area contributed by atoms with E-state index in [1.807, 2.05) is 91.3 Å². The van der Waals surface area contributed by atoms with Gasteiger partial charge in [-0.1, -0.05) is 78.9 Å². The number of aliphatic hydroxyl groups excluding tert-OH is 1. The molecule has 1 aliphatic rings. The molecule has 202 valence electrons. The highest BCUT2D eigenvalue weighted by atomic mass is 16.7. The van der Waals surface area contributed by atoms with Crippen LogP contribution in [-0.2, 0) is 29.2 Å². The zero-order valence-corrected chi connectivity index (χ0v) is 22.0. The first-order valence-electron chi connectivity index (χ1n) is 13.5. The van der Waals surface area contributed by atoms with Crippen molar-refractivity contribution in [1.82, 2.24) is 14.9 Å². The van der Waals surface area contributed by atoms with E-state index in [-0.39, 0.29) is 24.7 Å². The molecule has 7 nitrogen and oxygen atoms in total. The van der Waals surface area contributed by atoms with Crippen molar-refractivity contribution in [2.24, 2.45) is 0 Å². The standard InChI is InChI=1S/C33H31N3O4/c37-21-24-12-14-25(15-13-24)31-18-28(20-36-22-35-29-8-4-5-9-30(29)36)39-33(40-31)27-16-10-23(11-17-27)19-34-32(38)26-6-2-1-3-7-26/h1-17,22,28,31,33,37H,18-21H2,(H,34,38). The molecule has 40 heavy (non-hydrogen) atoms. The summed E-state index contributed by atoms with van der Waals surface area (Å²) in [6, 6.07) is 33.1. The smallest absolute Gasteiger partial charge is 0.251 e. The van der Waals surface area contributed by atoms with Crippen LogP contribution in [0, 0.1) is 0 Å². The number of rotatable bonds is 8. The van der Waals surface area contributed by atoms with Gasteiger partial charge in [0.25, 0.3) is 5.91 Å². The van der Waals surface area contributed by atoms with Crippen LogP contribution < -0.4 is 5.32 Å². The van der Waals surface area contributed by atoms with Gasteiger partial charge in [0.05, 0.1) is 42.7 Å². The van der Waals surface area contributed by atoms with Crippen LogP contribution in [0.3, 0.4) is 0 Å². The lowest BCUT2D eigenvalue weighted by molar-refractivity contribution is -0.252. The summed E-state index contributed by atoms with van der Waals surface area (Å²) < 4.78 is 15.1. The number of nitrogens with one attached hydrogen (secondary N) is 1. The Hall–Kier alpha value is -4.30. The van der Waals surface area contributed by atoms with Crippen LogP contribution in [0.25, 0.3) is 11.0 Å². The lowest BCUT2D eigenvalue weighted by Crippen LogP contribution is -2.32. The fourth-order valence-electron chi connectivity index (χ4n) is 5.07. The Morgan fingerprint density at radius 2 is 1.55 bits per heavy atom. The normalized spacial score (nSPS) is 19.0. The summed E-state index contributed by atoms with van der Waals surface area (Å²) in [5.41, 5.74) is 6.47. The highest BCUT2D eigenvalue weighted by Gasteiger charge is 2.32. The van der Waals surface area contributed by atoms with Crippen molar-refractivity contribution >= 4 is 16.9 Å². The highest BCUT2D eigenvalue weighted by molar-refractivity contribution is 5.94. The van der Waals surface area contributed by atoms with Gasteiger partial charge in [-0.25, -0.2) is 4.98 Å². The molecule has 0 spiro atoms. The van der Waals surface area contributed by atoms with E-state index in [0.717, 1.165) is 33.3 Å². The van der Waals surface area contributed by atoms with Crippen molar-refractivity contribution in [2.45, 2.75) is 44.6 Å². The number of carbonyl (C=O) groups excluding carboxylic acids is 1. The van der Waals surface area contributed by atoms with E-state index in [1.165, 1.54) is 0 Å². The van der Waals surface area contributed by atoms with Gasteiger partial charge in [-0.2, -0.15) is 0 Å². The van der Waals surface area contributed by atoms with Gasteiger partial charge >= 0.3 is 0 Å². The van der Waals surface area contributed by atoms with Crippen molar-refractivity contribution < 1.29 is 19.4 Å². The Labute approximate surface area is 233 Å². The maximum absolute atomic E-state index is 12.4. The Kier molecular flexibility index (Phi) is 7.68. The van der Waals surface area contributed by atoms with Gasteiger partial charge < -0.3 is 24.5 Å². The first kappa shape index (κ1) is 26.0. The Morgan fingerprint density at radius 3 is 2.33 bits per heavy atom. The summed E-state index contributed by atoms with van der Waals surface area (Å²) in [6.45, 7) is 1.08. The summed E-state index contributed by atoms with van der Waals surface area (Å²) in [5, 5.41) is 12.4. The van der Waals surface area contributed by atoms with Gasteiger partial charge in [0.1, 0.15) is 0 Å². The van der Waals surface area contributed by atoms with Crippen molar-refractivity contribution in [2.75, 3.05) is 0 Å². The largest absolute Gasteiger partial charge is 0.392 e. The lowest BCUT2D eigenvalue weighted by atomic mass is 9.99. The fourth-order valence-corrected chi connectivity index (χ4v) is 5.07. The second kappa shape index (κ2) is 11.8. The number of ether oxygens (including phenoxy) is 2. The number of hydrogen-bond acceptors (Lipinski definition) is 5. The highest BCUT2D eigenvalue weighted by Crippen LogP contribution is 2.38. The molecule has 1 aliphatic heterocycles. The molecular formula is C33H31N3O4. The summed E-state index contributed by atoms with van der Waals surface area (Å²) in [6.07, 6.45) is 1.72. The summed E-state index contributed by atoms with van der Waals surface area (Å²) in [5.74, 6) is -0.103. The minimum Gasteiger partial charge on any atom is -0.392 e. The van der Waals surface area contributed by atoms with Crippen LogP contribution in [0.1, 0.15) is 51.4 Å². The van der Waals surface area contributed by atoms with Crippen molar-refractivity contribution in [3.05, 3.63) is 137 Å². The van der Waals surface area contributed by atoms with Crippen molar-refractivity contribution in [1.29, 1.82) is 0 Å². The number of nitrogens with zero attached hydrogens (tertiary/aromatic N) is 2. The molecule has 0 bridgehead atoms. The quantitative estimate of drug-likeness (QED) is 0.267. The van der Waals surface area contributed by atoms with Crippen LogP contribution in [-0.4, -0.2) is 26.7 Å². The predicted molar refractivity (Wildman–Crippen MR) is 152 cm³/mol. The Balaban J connectivity index is 1.19. The molecule has 2 heterocycles. The molecular weight excluding hydrogens is 502 g/mol. The average Bonchev–Trinajstić information content (AvgIpc) is 3.43. The minimum atomic E-state index is -0.552. The maximum Gasteiger partial charge on any atom is 0.251 e. The zero-order chi connectivity index (χ0) is 27.3. The number of para-hydroxylation sites is 2. The molecule has 0 radical (unpaired) electrons. The van der Waals surface area contributed by atoms with Gasteiger partial charge in [0.15, 0.2) is 6.29 Å². The second-order valence-electron chi connectivity index (χ2n) is 10.0. The van der Waals surface area contributed by atoms with Gasteiger partial charge in [0.2, 0.25) is 0 Å². The van der Waals surface area contributed by atoms with E-state index in [9.17, 15) is 9.90 Å². The molecule has 3 unspecified atom stereocenters.